The molecule has 11 nitrogen and oxygen atoms in total. The summed E-state index contributed by atoms with van der Waals surface area (Å²) in [6.07, 6.45) is -0.318. The van der Waals surface area contributed by atoms with Gasteiger partial charge in [-0.25, -0.2) is 0 Å². The topological polar surface area (TPSA) is 177 Å². The average molecular weight is 392 g/mol. The Morgan fingerprint density at radius 2 is 1.85 bits per heavy atom. The van der Waals surface area contributed by atoms with Gasteiger partial charge in [0.1, 0.15) is 18.6 Å². The molecule has 6 N–H and O–H groups in total. The van der Waals surface area contributed by atoms with E-state index in [1.54, 1.807) is 6.92 Å². The molecule has 0 saturated heterocycles. The molecular weight excluding hydrogens is 368 g/mol. The molecule has 0 aliphatic heterocycles. The van der Waals surface area contributed by atoms with Crippen LogP contribution >= 0.6 is 11.8 Å². The largest absolute Gasteiger partial charge is 0.480 e. The van der Waals surface area contributed by atoms with Crippen LogP contribution in [0.1, 0.15) is 19.8 Å². The number of hydrogen-bond donors (Lipinski definition) is 5. The Balaban J connectivity index is 4.71. The molecule has 2 unspecified atom stereocenters. The summed E-state index contributed by atoms with van der Waals surface area (Å²) in [6, 6.07) is -2.29. The quantitative estimate of drug-likeness (QED) is 0.259. The van der Waals surface area contributed by atoms with E-state index < -0.39 is 42.4 Å². The number of aliphatic carboxylic acids is 1. The number of nitrogens with one attached hydrogen (secondary N) is 3. The lowest BCUT2D eigenvalue weighted by molar-refractivity contribution is -0.141. The number of nitrogens with two attached hydrogens (primary N) is 1. The third-order valence-electron chi connectivity index (χ3n) is 2.99. The molecule has 0 radical (unpaired) electrons. The first-order valence-electron chi connectivity index (χ1n) is 7.74. The van der Waals surface area contributed by atoms with Crippen molar-refractivity contribution < 1.29 is 33.8 Å². The van der Waals surface area contributed by atoms with E-state index in [4.69, 9.17) is 10.8 Å². The molecule has 0 bridgehead atoms. The van der Waals surface area contributed by atoms with Gasteiger partial charge in [0, 0.05) is 18.7 Å². The van der Waals surface area contributed by atoms with Crippen LogP contribution in [-0.4, -0.2) is 72.1 Å². The zero-order chi connectivity index (χ0) is 20.1. The smallest absolute Gasteiger partial charge is 0.325 e. The summed E-state index contributed by atoms with van der Waals surface area (Å²) in [5.41, 5.74) is 5.32. The maximum Gasteiger partial charge on any atom is 0.325 e. The van der Waals surface area contributed by atoms with Crippen LogP contribution in [0, 0.1) is 0 Å². The van der Waals surface area contributed by atoms with Crippen molar-refractivity contribution in [2.75, 3.05) is 26.0 Å². The number of ether oxygens (including phenoxy) is 1. The van der Waals surface area contributed by atoms with E-state index in [-0.39, 0.29) is 23.8 Å². The van der Waals surface area contributed by atoms with E-state index >= 15 is 0 Å². The number of amides is 3. The SMILES string of the molecule is CCNC(=O)SCC(NC(=O)CCC(N)C(=O)O)C(=O)NCC(=O)OC. The number of hydrogen-bond acceptors (Lipinski definition) is 8. The first kappa shape index (κ1) is 23.7. The number of carbonyl (C=O) groups is 5. The number of carboxylic acids is 1. The van der Waals surface area contributed by atoms with Crippen molar-refractivity contribution in [3.05, 3.63) is 0 Å². The van der Waals surface area contributed by atoms with Gasteiger partial charge in [-0.05, 0) is 13.3 Å². The van der Waals surface area contributed by atoms with Crippen LogP contribution in [0.25, 0.3) is 0 Å². The number of thioether (sulfide) groups is 1. The van der Waals surface area contributed by atoms with Gasteiger partial charge in [0.15, 0.2) is 0 Å². The van der Waals surface area contributed by atoms with E-state index in [1.165, 1.54) is 0 Å². The Kier molecular flexibility index (Phi) is 11.8. The molecule has 0 aliphatic carbocycles. The van der Waals surface area contributed by atoms with Gasteiger partial charge in [0.05, 0.1) is 7.11 Å². The third-order valence-corrected chi connectivity index (χ3v) is 3.89. The Bertz CT molecular complexity index is 529. The van der Waals surface area contributed by atoms with Gasteiger partial charge in [-0.2, -0.15) is 0 Å². The van der Waals surface area contributed by atoms with E-state index in [1.807, 2.05) is 0 Å². The van der Waals surface area contributed by atoms with E-state index in [9.17, 15) is 24.0 Å². The monoisotopic (exact) mass is 392 g/mol. The molecule has 0 aromatic heterocycles. The Morgan fingerprint density at radius 3 is 2.38 bits per heavy atom. The highest BCUT2D eigenvalue weighted by Crippen LogP contribution is 2.06. The number of rotatable bonds is 11. The lowest BCUT2D eigenvalue weighted by Gasteiger charge is -2.18. The van der Waals surface area contributed by atoms with Crippen molar-refractivity contribution in [1.82, 2.24) is 16.0 Å². The fourth-order valence-electron chi connectivity index (χ4n) is 1.57. The van der Waals surface area contributed by atoms with Crippen LogP contribution in [0.2, 0.25) is 0 Å². The van der Waals surface area contributed by atoms with Crippen molar-refractivity contribution in [3.63, 3.8) is 0 Å². The van der Waals surface area contributed by atoms with Gasteiger partial charge in [0.25, 0.3) is 5.24 Å². The van der Waals surface area contributed by atoms with Crippen molar-refractivity contribution in [2.24, 2.45) is 5.73 Å². The predicted octanol–water partition coefficient (Wildman–Crippen LogP) is -1.58. The normalized spacial score (nSPS) is 12.4. The average Bonchev–Trinajstić information content (AvgIpc) is 2.60. The molecule has 26 heavy (non-hydrogen) atoms. The van der Waals surface area contributed by atoms with Crippen LogP contribution in [-0.2, 0) is 23.9 Å². The molecule has 148 valence electrons. The molecule has 2 atom stereocenters. The van der Waals surface area contributed by atoms with Crippen LogP contribution < -0.4 is 21.7 Å². The number of carbonyl (C=O) groups excluding carboxylic acids is 4. The minimum Gasteiger partial charge on any atom is -0.480 e. The molecular formula is C14H24N4O7S. The second-order valence-corrected chi connectivity index (χ2v) is 6.02. The van der Waals surface area contributed by atoms with Gasteiger partial charge >= 0.3 is 11.9 Å². The lowest BCUT2D eigenvalue weighted by atomic mass is 10.1. The first-order chi connectivity index (χ1) is 12.2. The molecule has 12 heteroatoms. The maximum absolute atomic E-state index is 12.1. The van der Waals surface area contributed by atoms with E-state index in [2.05, 4.69) is 20.7 Å². The second-order valence-electron chi connectivity index (χ2n) is 5.03. The van der Waals surface area contributed by atoms with Gasteiger partial charge < -0.3 is 31.5 Å². The summed E-state index contributed by atoms with van der Waals surface area (Å²) in [5.74, 6) is -3.26. The van der Waals surface area contributed by atoms with E-state index in [0.29, 0.717) is 6.54 Å². The number of esters is 1. The van der Waals surface area contributed by atoms with Crippen molar-refractivity contribution in [2.45, 2.75) is 31.8 Å². The van der Waals surface area contributed by atoms with Crippen LogP contribution in [0.5, 0.6) is 0 Å². The van der Waals surface area contributed by atoms with Gasteiger partial charge in [0.2, 0.25) is 11.8 Å². The lowest BCUT2D eigenvalue weighted by Crippen LogP contribution is -2.50. The predicted molar refractivity (Wildman–Crippen MR) is 93.3 cm³/mol. The first-order valence-corrected chi connectivity index (χ1v) is 8.72. The van der Waals surface area contributed by atoms with Gasteiger partial charge in [-0.15, -0.1) is 0 Å². The Hall–Kier alpha value is -2.34. The molecule has 0 aromatic carbocycles. The van der Waals surface area contributed by atoms with Crippen molar-refractivity contribution in [3.8, 4) is 0 Å². The van der Waals surface area contributed by atoms with Crippen LogP contribution in [0.4, 0.5) is 4.79 Å². The highest BCUT2D eigenvalue weighted by atomic mass is 32.2. The standard InChI is InChI=1S/C14H24N4O7S/c1-3-16-14(24)26-7-9(12(21)17-6-11(20)25-2)18-10(19)5-4-8(15)13(22)23/h8-9H,3-7,15H2,1-2H3,(H,16,24)(H,17,21)(H,18,19)(H,22,23). The molecule has 0 spiro atoms. The van der Waals surface area contributed by atoms with Gasteiger partial charge in [-0.3, -0.25) is 24.0 Å². The highest BCUT2D eigenvalue weighted by molar-refractivity contribution is 8.13. The van der Waals surface area contributed by atoms with Gasteiger partial charge in [-0.1, -0.05) is 11.8 Å². The molecule has 0 rings (SSSR count). The van der Waals surface area contributed by atoms with Crippen LogP contribution in [0.15, 0.2) is 0 Å². The van der Waals surface area contributed by atoms with Crippen molar-refractivity contribution in [1.29, 1.82) is 0 Å². The molecule has 0 saturated carbocycles. The zero-order valence-corrected chi connectivity index (χ0v) is 15.4. The molecule has 3 amide bonds. The minimum atomic E-state index is -1.24. The minimum absolute atomic E-state index is 0.0738. The Labute approximate surface area is 154 Å². The summed E-state index contributed by atoms with van der Waals surface area (Å²) >= 11 is 0.788. The molecule has 0 heterocycles. The highest BCUT2D eigenvalue weighted by Gasteiger charge is 2.23. The summed E-state index contributed by atoms with van der Waals surface area (Å²) in [6.45, 7) is 1.74. The molecule has 0 aliphatic rings. The fraction of sp³-hybridized carbons (Fsp3) is 0.643. The second kappa shape index (κ2) is 12.9. The molecule has 0 fully saturated rings. The summed E-state index contributed by atoms with van der Waals surface area (Å²) in [5, 5.41) is 15.5. The fourth-order valence-corrected chi connectivity index (χ4v) is 2.37. The number of methoxy groups -OCH3 is 1. The summed E-state index contributed by atoms with van der Waals surface area (Å²) in [4.78, 5) is 57.3. The number of carboxylic acid groups (broad SMARTS) is 1. The van der Waals surface area contributed by atoms with E-state index in [0.717, 1.165) is 18.9 Å². The Morgan fingerprint density at radius 1 is 1.19 bits per heavy atom. The molecule has 0 aromatic rings. The van der Waals surface area contributed by atoms with Crippen LogP contribution in [0.3, 0.4) is 0 Å². The summed E-state index contributed by atoms with van der Waals surface area (Å²) < 4.78 is 4.40. The van der Waals surface area contributed by atoms with Crippen molar-refractivity contribution >= 4 is 40.8 Å². The third kappa shape index (κ3) is 10.5. The summed E-state index contributed by atoms with van der Waals surface area (Å²) in [7, 11) is 1.16. The maximum atomic E-state index is 12.1. The zero-order valence-electron chi connectivity index (χ0n) is 14.6.